The molecular formula is C23H15ClF9N3O2S. The Morgan fingerprint density at radius 2 is 1.59 bits per heavy atom. The third-order valence-corrected chi connectivity index (χ3v) is 7.07. The van der Waals surface area contributed by atoms with Crippen LogP contribution in [-0.4, -0.2) is 42.0 Å². The lowest BCUT2D eigenvalue weighted by Crippen LogP contribution is -2.44. The SMILES string of the molecule is O=C1NOCC1NC(=S)c1ccc(C2=NCC(c3cc(C(F)(F)F)c(Cl)c(C(F)(F)F)c3)(C(F)(F)F)C2)cc1. The summed E-state index contributed by atoms with van der Waals surface area (Å²) in [5, 5.41) is 1.01. The fourth-order valence-corrected chi connectivity index (χ4v) is 4.79. The summed E-state index contributed by atoms with van der Waals surface area (Å²) < 4.78 is 124. The van der Waals surface area contributed by atoms with Gasteiger partial charge in [-0.15, -0.1) is 0 Å². The lowest BCUT2D eigenvalue weighted by molar-refractivity contribution is -0.184. The summed E-state index contributed by atoms with van der Waals surface area (Å²) in [4.78, 5) is 20.4. The molecule has 39 heavy (non-hydrogen) atoms. The Morgan fingerprint density at radius 1 is 1.03 bits per heavy atom. The van der Waals surface area contributed by atoms with Crippen molar-refractivity contribution in [1.82, 2.24) is 10.8 Å². The van der Waals surface area contributed by atoms with E-state index < -0.39 is 70.6 Å². The number of amides is 1. The van der Waals surface area contributed by atoms with Gasteiger partial charge in [0.15, 0.2) is 0 Å². The minimum absolute atomic E-state index is 0.000385. The molecule has 0 aromatic heterocycles. The quantitative estimate of drug-likeness (QED) is 0.344. The molecule has 2 heterocycles. The fraction of sp³-hybridized carbons (Fsp3) is 0.348. The summed E-state index contributed by atoms with van der Waals surface area (Å²) in [6.45, 7) is -1.13. The summed E-state index contributed by atoms with van der Waals surface area (Å²) in [6, 6.07) is 4.78. The molecule has 1 fully saturated rings. The maximum absolute atomic E-state index is 14.4. The number of rotatable bonds is 4. The molecule has 1 amide bonds. The van der Waals surface area contributed by atoms with Crippen molar-refractivity contribution in [2.24, 2.45) is 4.99 Å². The van der Waals surface area contributed by atoms with Gasteiger partial charge in [-0.2, -0.15) is 39.5 Å². The number of halogens is 10. The van der Waals surface area contributed by atoms with Crippen LogP contribution in [0, 0.1) is 0 Å². The molecular weight excluding hydrogens is 589 g/mol. The average Bonchev–Trinajstić information content (AvgIpc) is 3.45. The van der Waals surface area contributed by atoms with Crippen molar-refractivity contribution >= 4 is 40.4 Å². The van der Waals surface area contributed by atoms with Crippen molar-refractivity contribution in [3.05, 3.63) is 69.2 Å². The highest BCUT2D eigenvalue weighted by atomic mass is 35.5. The van der Waals surface area contributed by atoms with Crippen molar-refractivity contribution in [3.63, 3.8) is 0 Å². The number of hydrogen-bond donors (Lipinski definition) is 2. The van der Waals surface area contributed by atoms with Crippen molar-refractivity contribution in [3.8, 4) is 0 Å². The van der Waals surface area contributed by atoms with Crippen LogP contribution >= 0.6 is 23.8 Å². The van der Waals surface area contributed by atoms with Crippen LogP contribution in [0.15, 0.2) is 41.4 Å². The van der Waals surface area contributed by atoms with Gasteiger partial charge in [-0.25, -0.2) is 5.48 Å². The lowest BCUT2D eigenvalue weighted by atomic mass is 9.75. The van der Waals surface area contributed by atoms with Crippen molar-refractivity contribution in [1.29, 1.82) is 0 Å². The van der Waals surface area contributed by atoms with E-state index in [1.807, 2.05) is 0 Å². The highest BCUT2D eigenvalue weighted by Gasteiger charge is 2.59. The van der Waals surface area contributed by atoms with Crippen LogP contribution < -0.4 is 10.8 Å². The number of aliphatic imine (C=N–C) groups is 1. The molecule has 0 saturated carbocycles. The minimum atomic E-state index is -5.45. The molecule has 5 nitrogen and oxygen atoms in total. The molecule has 2 aromatic carbocycles. The molecule has 2 atom stereocenters. The standard InChI is InChI=1S/C23H15ClF9N3O2S/c24-17-13(21(25,26)27)5-12(6-14(17)22(28,29)30)20(23(31,32)33)7-15(34-9-20)10-1-3-11(4-2-10)19(39)35-16-8-38-36-18(16)37/h1-6,16H,7-9H2,(H,35,39)(H,36,37). The van der Waals surface area contributed by atoms with E-state index in [-0.39, 0.29) is 35.0 Å². The predicted molar refractivity (Wildman–Crippen MR) is 124 cm³/mol. The Morgan fingerprint density at radius 3 is 2.05 bits per heavy atom. The van der Waals surface area contributed by atoms with E-state index in [4.69, 9.17) is 28.7 Å². The highest BCUT2D eigenvalue weighted by molar-refractivity contribution is 7.80. The van der Waals surface area contributed by atoms with E-state index in [0.717, 1.165) is 0 Å². The molecule has 0 aliphatic carbocycles. The van der Waals surface area contributed by atoms with Gasteiger partial charge in [-0.1, -0.05) is 48.1 Å². The molecule has 4 rings (SSSR count). The first-order valence-electron chi connectivity index (χ1n) is 10.9. The Kier molecular flexibility index (Phi) is 7.40. The summed E-state index contributed by atoms with van der Waals surface area (Å²) in [6.07, 6.45) is -17.2. The molecule has 2 aliphatic heterocycles. The maximum Gasteiger partial charge on any atom is 0.417 e. The normalized spacial score (nSPS) is 22.1. The lowest BCUT2D eigenvalue weighted by Gasteiger charge is -2.33. The Bertz CT molecular complexity index is 1310. The van der Waals surface area contributed by atoms with Crippen LogP contribution in [0.4, 0.5) is 39.5 Å². The Labute approximate surface area is 224 Å². The molecule has 2 N–H and O–H groups in total. The second kappa shape index (κ2) is 9.93. The van der Waals surface area contributed by atoms with Gasteiger partial charge in [0.1, 0.15) is 23.1 Å². The number of benzene rings is 2. The molecule has 0 radical (unpaired) electrons. The van der Waals surface area contributed by atoms with Crippen LogP contribution in [0.2, 0.25) is 5.02 Å². The van der Waals surface area contributed by atoms with Gasteiger partial charge >= 0.3 is 18.5 Å². The molecule has 2 aromatic rings. The molecule has 2 aliphatic rings. The zero-order valence-corrected chi connectivity index (χ0v) is 20.7. The minimum Gasteiger partial charge on any atom is -0.362 e. The zero-order chi connectivity index (χ0) is 29.0. The van der Waals surface area contributed by atoms with Crippen LogP contribution in [0.25, 0.3) is 0 Å². The van der Waals surface area contributed by atoms with E-state index >= 15 is 0 Å². The predicted octanol–water partition coefficient (Wildman–Crippen LogP) is 5.77. The number of hydroxylamine groups is 1. The van der Waals surface area contributed by atoms with Crippen molar-refractivity contribution < 1.29 is 49.1 Å². The van der Waals surface area contributed by atoms with E-state index in [9.17, 15) is 44.3 Å². The topological polar surface area (TPSA) is 62.7 Å². The first-order valence-corrected chi connectivity index (χ1v) is 11.6. The maximum atomic E-state index is 14.4. The second-order valence-corrected chi connectivity index (χ2v) is 9.57. The van der Waals surface area contributed by atoms with Crippen molar-refractivity contribution in [2.45, 2.75) is 36.4 Å². The third-order valence-electron chi connectivity index (χ3n) is 6.31. The van der Waals surface area contributed by atoms with Crippen LogP contribution in [0.5, 0.6) is 0 Å². The molecule has 210 valence electrons. The number of thiocarbonyl (C=S) groups is 1. The van der Waals surface area contributed by atoms with Gasteiger partial charge in [0.25, 0.3) is 5.91 Å². The van der Waals surface area contributed by atoms with Gasteiger partial charge < -0.3 is 5.32 Å². The first-order chi connectivity index (χ1) is 17.9. The molecule has 0 spiro atoms. The smallest absolute Gasteiger partial charge is 0.362 e. The monoisotopic (exact) mass is 603 g/mol. The third kappa shape index (κ3) is 5.57. The Hall–Kier alpha value is -2.91. The summed E-state index contributed by atoms with van der Waals surface area (Å²) in [7, 11) is 0. The number of carbonyl (C=O) groups is 1. The highest BCUT2D eigenvalue weighted by Crippen LogP contribution is 2.51. The largest absolute Gasteiger partial charge is 0.417 e. The van der Waals surface area contributed by atoms with Crippen molar-refractivity contribution in [2.75, 3.05) is 13.2 Å². The average molecular weight is 604 g/mol. The second-order valence-electron chi connectivity index (χ2n) is 8.78. The van der Waals surface area contributed by atoms with E-state index in [2.05, 4.69) is 15.8 Å². The van der Waals surface area contributed by atoms with Gasteiger partial charge in [-0.05, 0) is 23.3 Å². The van der Waals surface area contributed by atoms with Gasteiger partial charge in [-0.3, -0.25) is 14.6 Å². The van der Waals surface area contributed by atoms with Gasteiger partial charge in [0.2, 0.25) is 0 Å². The fourth-order valence-electron chi connectivity index (χ4n) is 4.19. The summed E-state index contributed by atoms with van der Waals surface area (Å²) >= 11 is 10.6. The van der Waals surface area contributed by atoms with E-state index in [0.29, 0.717) is 5.56 Å². The van der Waals surface area contributed by atoms with Crippen LogP contribution in [0.3, 0.4) is 0 Å². The number of carbonyl (C=O) groups excluding carboxylic acids is 1. The number of hydrogen-bond acceptors (Lipinski definition) is 4. The van der Waals surface area contributed by atoms with Crippen LogP contribution in [-0.2, 0) is 27.4 Å². The van der Waals surface area contributed by atoms with E-state index in [1.54, 1.807) is 0 Å². The summed E-state index contributed by atoms with van der Waals surface area (Å²) in [5.41, 5.74) is -6.00. The Balaban J connectivity index is 1.67. The summed E-state index contributed by atoms with van der Waals surface area (Å²) in [5.74, 6) is -0.456. The molecule has 1 saturated heterocycles. The number of nitrogens with zero attached hydrogens (tertiary/aromatic N) is 1. The number of nitrogens with one attached hydrogen (secondary N) is 2. The first kappa shape index (κ1) is 29.1. The number of alkyl halides is 9. The van der Waals surface area contributed by atoms with Gasteiger partial charge in [0, 0.05) is 17.7 Å². The van der Waals surface area contributed by atoms with Crippen LogP contribution in [0.1, 0.15) is 34.2 Å². The molecule has 2 unspecified atom stereocenters. The van der Waals surface area contributed by atoms with E-state index in [1.165, 1.54) is 24.3 Å². The zero-order valence-electron chi connectivity index (χ0n) is 19.1. The van der Waals surface area contributed by atoms with Gasteiger partial charge in [0.05, 0.1) is 22.7 Å². The molecule has 16 heteroatoms. The molecule has 0 bridgehead atoms.